The van der Waals surface area contributed by atoms with Gasteiger partial charge in [0.2, 0.25) is 0 Å². The Bertz CT molecular complexity index is 1500. The van der Waals surface area contributed by atoms with Crippen molar-refractivity contribution < 1.29 is 9.26 Å². The highest BCUT2D eigenvalue weighted by Crippen LogP contribution is 2.47. The van der Waals surface area contributed by atoms with Gasteiger partial charge >= 0.3 is 0 Å². The third-order valence-corrected chi connectivity index (χ3v) is 6.57. The zero-order valence-electron chi connectivity index (χ0n) is 18.8. The van der Waals surface area contributed by atoms with Crippen LogP contribution in [0.5, 0.6) is 5.75 Å². The number of aryl methyl sites for hydroxylation is 3. The van der Waals surface area contributed by atoms with Crippen molar-refractivity contribution in [2.45, 2.75) is 39.5 Å². The van der Waals surface area contributed by atoms with E-state index in [0.717, 1.165) is 72.9 Å². The van der Waals surface area contributed by atoms with E-state index in [2.05, 4.69) is 34.2 Å². The van der Waals surface area contributed by atoms with Crippen LogP contribution < -0.4 is 4.74 Å². The lowest BCUT2D eigenvalue weighted by molar-refractivity contribution is 0.393. The standard InChI is InChI=1S/C24H24N6O2/c1-11-19(13(3)32-29-11)16-8-17-15(9-18(16)31-5)21-23(25-10-26-24(21)27-17)20-12(2)30(4)28-22(20)14-6-7-14/h8-10,14H,6-7H2,1-5H3,(H,25,26,27). The highest BCUT2D eigenvalue weighted by molar-refractivity contribution is 6.13. The number of nitrogens with zero attached hydrogens (tertiary/aromatic N) is 5. The first-order chi connectivity index (χ1) is 15.5. The second-order valence-corrected chi connectivity index (χ2v) is 8.61. The smallest absolute Gasteiger partial charge is 0.142 e. The average Bonchev–Trinajstić information content (AvgIpc) is 3.40. The minimum Gasteiger partial charge on any atom is -0.496 e. The van der Waals surface area contributed by atoms with Gasteiger partial charge in [-0.25, -0.2) is 9.97 Å². The van der Waals surface area contributed by atoms with Gasteiger partial charge in [-0.1, -0.05) is 5.16 Å². The molecule has 4 heterocycles. The van der Waals surface area contributed by atoms with E-state index in [-0.39, 0.29) is 0 Å². The molecule has 6 rings (SSSR count). The van der Waals surface area contributed by atoms with Gasteiger partial charge in [-0.3, -0.25) is 4.68 Å². The van der Waals surface area contributed by atoms with Crippen molar-refractivity contribution in [3.8, 4) is 28.1 Å². The van der Waals surface area contributed by atoms with Crippen LogP contribution in [-0.2, 0) is 7.05 Å². The van der Waals surface area contributed by atoms with Crippen molar-refractivity contribution >= 4 is 21.9 Å². The molecule has 0 aliphatic heterocycles. The molecule has 0 radical (unpaired) electrons. The Kier molecular flexibility index (Phi) is 3.96. The molecule has 162 valence electrons. The number of fused-ring (bicyclic) bond motifs is 3. The fourth-order valence-corrected chi connectivity index (χ4v) is 4.74. The molecule has 4 aromatic heterocycles. The fraction of sp³-hybridized carbons (Fsp3) is 0.333. The number of aromatic nitrogens is 6. The van der Waals surface area contributed by atoms with E-state index in [0.29, 0.717) is 5.92 Å². The lowest BCUT2D eigenvalue weighted by Crippen LogP contribution is -1.94. The number of methoxy groups -OCH3 is 1. The maximum absolute atomic E-state index is 5.81. The van der Waals surface area contributed by atoms with Crippen molar-refractivity contribution in [2.24, 2.45) is 7.05 Å². The second-order valence-electron chi connectivity index (χ2n) is 8.61. The first-order valence-electron chi connectivity index (χ1n) is 10.8. The van der Waals surface area contributed by atoms with Crippen molar-refractivity contribution in [1.82, 2.24) is 29.9 Å². The molecule has 8 heteroatoms. The summed E-state index contributed by atoms with van der Waals surface area (Å²) in [6, 6.07) is 4.15. The summed E-state index contributed by atoms with van der Waals surface area (Å²) in [4.78, 5) is 12.8. The van der Waals surface area contributed by atoms with Crippen molar-refractivity contribution in [1.29, 1.82) is 0 Å². The van der Waals surface area contributed by atoms with E-state index in [1.807, 2.05) is 25.6 Å². The van der Waals surface area contributed by atoms with Crippen molar-refractivity contribution in [2.75, 3.05) is 7.11 Å². The summed E-state index contributed by atoms with van der Waals surface area (Å²) in [5.41, 5.74) is 8.77. The van der Waals surface area contributed by atoms with E-state index in [1.54, 1.807) is 13.4 Å². The van der Waals surface area contributed by atoms with Crippen LogP contribution >= 0.6 is 0 Å². The van der Waals surface area contributed by atoms with Gasteiger partial charge in [0.1, 0.15) is 23.5 Å². The lowest BCUT2D eigenvalue weighted by atomic mass is 9.99. The summed E-state index contributed by atoms with van der Waals surface area (Å²) in [5, 5.41) is 11.0. The molecule has 0 amide bonds. The van der Waals surface area contributed by atoms with E-state index >= 15 is 0 Å². The Morgan fingerprint density at radius 3 is 2.62 bits per heavy atom. The van der Waals surface area contributed by atoms with Gasteiger partial charge in [-0.15, -0.1) is 0 Å². The highest BCUT2D eigenvalue weighted by atomic mass is 16.5. The largest absolute Gasteiger partial charge is 0.496 e. The SMILES string of the molecule is COc1cc2c(cc1-c1c(C)noc1C)[nH]c1ncnc(-c3c(C4CC4)nn(C)c3C)c12. The molecule has 1 aliphatic rings. The van der Waals surface area contributed by atoms with E-state index in [4.69, 9.17) is 19.3 Å². The summed E-state index contributed by atoms with van der Waals surface area (Å²) in [7, 11) is 3.68. The Morgan fingerprint density at radius 1 is 1.12 bits per heavy atom. The summed E-state index contributed by atoms with van der Waals surface area (Å²) < 4.78 is 13.2. The molecule has 1 aromatic carbocycles. The molecule has 0 atom stereocenters. The molecule has 0 spiro atoms. The highest BCUT2D eigenvalue weighted by Gasteiger charge is 2.32. The molecule has 5 aromatic rings. The minimum absolute atomic E-state index is 0.515. The van der Waals surface area contributed by atoms with Crippen molar-refractivity contribution in [3.63, 3.8) is 0 Å². The normalized spacial score (nSPS) is 14.0. The van der Waals surface area contributed by atoms with Gasteiger partial charge in [-0.2, -0.15) is 5.10 Å². The summed E-state index contributed by atoms with van der Waals surface area (Å²) in [6.45, 7) is 5.96. The number of rotatable bonds is 4. The minimum atomic E-state index is 0.515. The second kappa shape index (κ2) is 6.66. The average molecular weight is 428 g/mol. The van der Waals surface area contributed by atoms with Crippen molar-refractivity contribution in [3.05, 3.63) is 41.3 Å². The van der Waals surface area contributed by atoms with Crippen LogP contribution in [0.15, 0.2) is 23.0 Å². The number of H-pyrrole nitrogens is 1. The monoisotopic (exact) mass is 428 g/mol. The number of ether oxygens (including phenoxy) is 1. The lowest BCUT2D eigenvalue weighted by Gasteiger charge is -2.09. The predicted octanol–water partition coefficient (Wildman–Crippen LogP) is 4.98. The first kappa shape index (κ1) is 19.0. The molecule has 0 saturated heterocycles. The molecule has 8 nitrogen and oxygen atoms in total. The molecule has 1 N–H and O–H groups in total. The Labute approximate surface area is 184 Å². The molecule has 0 bridgehead atoms. The molecular weight excluding hydrogens is 404 g/mol. The molecule has 1 fully saturated rings. The van der Waals surface area contributed by atoms with Crippen LogP contribution in [-0.4, -0.2) is 37.0 Å². The van der Waals surface area contributed by atoms with Crippen LogP contribution in [0.4, 0.5) is 0 Å². The number of benzene rings is 1. The zero-order chi connectivity index (χ0) is 22.1. The molecule has 0 unspecified atom stereocenters. The predicted molar refractivity (Wildman–Crippen MR) is 122 cm³/mol. The van der Waals surface area contributed by atoms with Gasteiger partial charge in [0.05, 0.1) is 35.1 Å². The number of hydrogen-bond donors (Lipinski definition) is 1. The number of hydrogen-bond acceptors (Lipinski definition) is 6. The topological polar surface area (TPSA) is 94.7 Å². The third kappa shape index (κ3) is 2.62. The van der Waals surface area contributed by atoms with Gasteiger partial charge in [-0.05, 0) is 45.7 Å². The third-order valence-electron chi connectivity index (χ3n) is 6.57. The number of aromatic amines is 1. The Balaban J connectivity index is 1.67. The van der Waals surface area contributed by atoms with Gasteiger partial charge in [0.15, 0.2) is 0 Å². The van der Waals surface area contributed by atoms with E-state index in [9.17, 15) is 0 Å². The summed E-state index contributed by atoms with van der Waals surface area (Å²) >= 11 is 0. The summed E-state index contributed by atoms with van der Waals surface area (Å²) in [6.07, 6.45) is 3.99. The molecule has 32 heavy (non-hydrogen) atoms. The van der Waals surface area contributed by atoms with Crippen LogP contribution in [0.1, 0.15) is 41.6 Å². The number of nitrogens with one attached hydrogen (secondary N) is 1. The quantitative estimate of drug-likeness (QED) is 0.434. The van der Waals surface area contributed by atoms with Gasteiger partial charge < -0.3 is 14.2 Å². The zero-order valence-corrected chi connectivity index (χ0v) is 18.8. The van der Waals surface area contributed by atoms with Gasteiger partial charge in [0.25, 0.3) is 0 Å². The van der Waals surface area contributed by atoms with Crippen LogP contribution in [0, 0.1) is 20.8 Å². The van der Waals surface area contributed by atoms with Crippen LogP contribution in [0.25, 0.3) is 44.3 Å². The summed E-state index contributed by atoms with van der Waals surface area (Å²) in [5.74, 6) is 2.03. The van der Waals surface area contributed by atoms with E-state index in [1.165, 1.54) is 12.8 Å². The Hall–Kier alpha value is -3.68. The maximum Gasteiger partial charge on any atom is 0.142 e. The molecule has 1 aliphatic carbocycles. The maximum atomic E-state index is 5.81. The fourth-order valence-electron chi connectivity index (χ4n) is 4.74. The first-order valence-corrected chi connectivity index (χ1v) is 10.8. The van der Waals surface area contributed by atoms with E-state index < -0.39 is 0 Å². The molecular formula is C24H24N6O2. The van der Waals surface area contributed by atoms with Gasteiger partial charge in [0, 0.05) is 40.7 Å². The van der Waals surface area contributed by atoms with Crippen LogP contribution in [0.2, 0.25) is 0 Å². The van der Waals surface area contributed by atoms with Crippen LogP contribution in [0.3, 0.4) is 0 Å². The molecule has 1 saturated carbocycles. The Morgan fingerprint density at radius 2 is 1.94 bits per heavy atom.